The van der Waals surface area contributed by atoms with Gasteiger partial charge in [0.05, 0.1) is 5.56 Å². The van der Waals surface area contributed by atoms with Gasteiger partial charge < -0.3 is 10.4 Å². The van der Waals surface area contributed by atoms with Gasteiger partial charge in [0, 0.05) is 12.2 Å². The first-order valence-electron chi connectivity index (χ1n) is 7.12. The number of nitrogens with one attached hydrogen (secondary N) is 1. The van der Waals surface area contributed by atoms with Crippen molar-refractivity contribution >= 4 is 11.8 Å². The van der Waals surface area contributed by atoms with Crippen molar-refractivity contribution < 1.29 is 9.90 Å². The number of nitrogens with zero attached hydrogens (tertiary/aromatic N) is 1. The molecule has 2 aromatic rings. The van der Waals surface area contributed by atoms with Gasteiger partial charge in [0.1, 0.15) is 5.82 Å². The summed E-state index contributed by atoms with van der Waals surface area (Å²) in [6.07, 6.45) is 1.72. The normalized spacial score (nSPS) is 10.4. The highest BCUT2D eigenvalue weighted by molar-refractivity contribution is 5.88. The molecule has 21 heavy (non-hydrogen) atoms. The van der Waals surface area contributed by atoms with Gasteiger partial charge >= 0.3 is 5.97 Å². The number of aromatic nitrogens is 1. The van der Waals surface area contributed by atoms with E-state index < -0.39 is 5.97 Å². The van der Waals surface area contributed by atoms with Crippen LogP contribution in [0.3, 0.4) is 0 Å². The average Bonchev–Trinajstić information content (AvgIpc) is 2.46. The molecule has 4 nitrogen and oxygen atoms in total. The molecule has 0 aliphatic heterocycles. The number of pyridine rings is 1. The first-order valence-corrected chi connectivity index (χ1v) is 7.12. The molecule has 0 atom stereocenters. The topological polar surface area (TPSA) is 62.2 Å². The Labute approximate surface area is 124 Å². The van der Waals surface area contributed by atoms with E-state index in [4.69, 9.17) is 0 Å². The fourth-order valence-corrected chi connectivity index (χ4v) is 2.18. The Morgan fingerprint density at radius 2 is 2.05 bits per heavy atom. The van der Waals surface area contributed by atoms with Crippen molar-refractivity contribution in [3.8, 4) is 0 Å². The van der Waals surface area contributed by atoms with Crippen LogP contribution in [0, 0.1) is 6.92 Å². The SMILES string of the molecule is CCCc1cc(C(=O)O)cc(NCc2ccccc2C)n1. The van der Waals surface area contributed by atoms with E-state index in [9.17, 15) is 9.90 Å². The Hall–Kier alpha value is -2.36. The highest BCUT2D eigenvalue weighted by Gasteiger charge is 2.08. The Balaban J connectivity index is 2.19. The van der Waals surface area contributed by atoms with E-state index >= 15 is 0 Å². The van der Waals surface area contributed by atoms with Gasteiger partial charge in [0.2, 0.25) is 0 Å². The van der Waals surface area contributed by atoms with Crippen LogP contribution in [-0.2, 0) is 13.0 Å². The zero-order valence-electron chi connectivity index (χ0n) is 12.4. The van der Waals surface area contributed by atoms with Crippen molar-refractivity contribution in [3.05, 3.63) is 58.8 Å². The maximum Gasteiger partial charge on any atom is 0.335 e. The minimum atomic E-state index is -0.923. The Kier molecular flexibility index (Phi) is 4.93. The molecule has 0 spiro atoms. The van der Waals surface area contributed by atoms with Crippen molar-refractivity contribution in [1.29, 1.82) is 0 Å². The number of rotatable bonds is 6. The van der Waals surface area contributed by atoms with Crippen LogP contribution in [0.5, 0.6) is 0 Å². The number of aryl methyl sites for hydroxylation is 2. The van der Waals surface area contributed by atoms with Gasteiger partial charge in [-0.25, -0.2) is 9.78 Å². The molecule has 0 bridgehead atoms. The van der Waals surface area contributed by atoms with Crippen LogP contribution in [0.15, 0.2) is 36.4 Å². The van der Waals surface area contributed by atoms with Gasteiger partial charge in [0.25, 0.3) is 0 Å². The molecular formula is C17H20N2O2. The summed E-state index contributed by atoms with van der Waals surface area (Å²) in [6.45, 7) is 4.74. The Bertz CT molecular complexity index is 638. The van der Waals surface area contributed by atoms with Crippen molar-refractivity contribution in [2.75, 3.05) is 5.32 Å². The van der Waals surface area contributed by atoms with Crippen LogP contribution < -0.4 is 5.32 Å². The number of carboxylic acid groups (broad SMARTS) is 1. The minimum Gasteiger partial charge on any atom is -0.478 e. The van der Waals surface area contributed by atoms with Gasteiger partial charge in [-0.05, 0) is 36.6 Å². The van der Waals surface area contributed by atoms with E-state index in [1.54, 1.807) is 12.1 Å². The quantitative estimate of drug-likeness (QED) is 0.850. The van der Waals surface area contributed by atoms with Gasteiger partial charge in [-0.3, -0.25) is 0 Å². The van der Waals surface area contributed by atoms with Crippen LogP contribution in [0.25, 0.3) is 0 Å². The van der Waals surface area contributed by atoms with Gasteiger partial charge in [-0.2, -0.15) is 0 Å². The molecule has 0 saturated carbocycles. The molecule has 0 aliphatic carbocycles. The lowest BCUT2D eigenvalue weighted by atomic mass is 10.1. The molecule has 1 aromatic carbocycles. The van der Waals surface area contributed by atoms with E-state index in [-0.39, 0.29) is 5.56 Å². The standard InChI is InChI=1S/C17H20N2O2/c1-3-6-15-9-14(17(20)21)10-16(19-15)18-11-13-8-5-4-7-12(13)2/h4-5,7-10H,3,6,11H2,1-2H3,(H,18,19)(H,20,21). The maximum atomic E-state index is 11.2. The summed E-state index contributed by atoms with van der Waals surface area (Å²) in [5.74, 6) is -0.310. The van der Waals surface area contributed by atoms with E-state index in [2.05, 4.69) is 36.3 Å². The Morgan fingerprint density at radius 1 is 1.29 bits per heavy atom. The van der Waals surface area contributed by atoms with Gasteiger partial charge in [-0.15, -0.1) is 0 Å². The fourth-order valence-electron chi connectivity index (χ4n) is 2.18. The first-order chi connectivity index (χ1) is 10.1. The molecule has 0 unspecified atom stereocenters. The summed E-state index contributed by atoms with van der Waals surface area (Å²) < 4.78 is 0. The predicted molar refractivity (Wildman–Crippen MR) is 83.7 cm³/mol. The van der Waals surface area contributed by atoms with Crippen LogP contribution >= 0.6 is 0 Å². The molecule has 1 heterocycles. The first kappa shape index (κ1) is 15.0. The van der Waals surface area contributed by atoms with Crippen LogP contribution in [0.4, 0.5) is 5.82 Å². The lowest BCUT2D eigenvalue weighted by Crippen LogP contribution is -2.07. The van der Waals surface area contributed by atoms with Crippen molar-refractivity contribution in [2.45, 2.75) is 33.2 Å². The third kappa shape index (κ3) is 4.05. The molecule has 2 rings (SSSR count). The monoisotopic (exact) mass is 284 g/mol. The molecule has 0 aliphatic rings. The molecule has 0 saturated heterocycles. The lowest BCUT2D eigenvalue weighted by Gasteiger charge is -2.10. The number of carboxylic acids is 1. The molecule has 1 aromatic heterocycles. The molecule has 2 N–H and O–H groups in total. The summed E-state index contributed by atoms with van der Waals surface area (Å²) >= 11 is 0. The van der Waals surface area contributed by atoms with Crippen LogP contribution in [0.1, 0.15) is 40.5 Å². The van der Waals surface area contributed by atoms with Gasteiger partial charge in [-0.1, -0.05) is 37.6 Å². The summed E-state index contributed by atoms with van der Waals surface area (Å²) in [7, 11) is 0. The second-order valence-electron chi connectivity index (χ2n) is 5.07. The maximum absolute atomic E-state index is 11.2. The number of carbonyl (C=O) groups is 1. The van der Waals surface area contributed by atoms with E-state index in [1.165, 1.54) is 11.1 Å². The summed E-state index contributed by atoms with van der Waals surface area (Å²) in [6, 6.07) is 11.3. The Morgan fingerprint density at radius 3 is 2.71 bits per heavy atom. The zero-order valence-corrected chi connectivity index (χ0v) is 12.4. The second kappa shape index (κ2) is 6.88. The minimum absolute atomic E-state index is 0.278. The highest BCUT2D eigenvalue weighted by Crippen LogP contribution is 2.15. The third-order valence-electron chi connectivity index (χ3n) is 3.35. The number of aromatic carboxylic acids is 1. The van der Waals surface area contributed by atoms with E-state index in [0.717, 1.165) is 18.5 Å². The molecule has 110 valence electrons. The fraction of sp³-hybridized carbons (Fsp3) is 0.294. The summed E-state index contributed by atoms with van der Waals surface area (Å²) in [5, 5.41) is 12.4. The van der Waals surface area contributed by atoms with Crippen molar-refractivity contribution in [1.82, 2.24) is 4.98 Å². The summed E-state index contributed by atoms with van der Waals surface area (Å²) in [4.78, 5) is 15.7. The second-order valence-corrected chi connectivity index (χ2v) is 5.07. The molecule has 0 radical (unpaired) electrons. The highest BCUT2D eigenvalue weighted by atomic mass is 16.4. The summed E-state index contributed by atoms with van der Waals surface area (Å²) in [5.41, 5.74) is 3.47. The number of benzene rings is 1. The van der Waals surface area contributed by atoms with E-state index in [0.29, 0.717) is 12.4 Å². The van der Waals surface area contributed by atoms with E-state index in [1.807, 2.05) is 12.1 Å². The van der Waals surface area contributed by atoms with Crippen LogP contribution in [0.2, 0.25) is 0 Å². The molecule has 4 heteroatoms. The van der Waals surface area contributed by atoms with Crippen LogP contribution in [-0.4, -0.2) is 16.1 Å². The van der Waals surface area contributed by atoms with Crippen molar-refractivity contribution in [3.63, 3.8) is 0 Å². The zero-order chi connectivity index (χ0) is 15.2. The number of hydrogen-bond donors (Lipinski definition) is 2. The number of anilines is 1. The predicted octanol–water partition coefficient (Wildman–Crippen LogP) is 3.65. The molecule has 0 fully saturated rings. The molecular weight excluding hydrogens is 264 g/mol. The average molecular weight is 284 g/mol. The number of hydrogen-bond acceptors (Lipinski definition) is 3. The van der Waals surface area contributed by atoms with Gasteiger partial charge in [0.15, 0.2) is 0 Å². The van der Waals surface area contributed by atoms with Crippen molar-refractivity contribution in [2.24, 2.45) is 0 Å². The smallest absolute Gasteiger partial charge is 0.335 e. The lowest BCUT2D eigenvalue weighted by molar-refractivity contribution is 0.0696. The molecule has 0 amide bonds. The largest absolute Gasteiger partial charge is 0.478 e. The third-order valence-corrected chi connectivity index (χ3v) is 3.35.